The molecule has 3 N–H and O–H groups in total. The number of nitrogens with one attached hydrogen (secondary N) is 1. The van der Waals surface area contributed by atoms with Crippen molar-refractivity contribution in [1.29, 1.82) is 0 Å². The second-order valence-corrected chi connectivity index (χ2v) is 8.20. The maximum atomic E-state index is 12.5. The lowest BCUT2D eigenvalue weighted by molar-refractivity contribution is -0.143. The number of rotatable bonds is 4. The van der Waals surface area contributed by atoms with Gasteiger partial charge in [0.05, 0.1) is 6.42 Å². The zero-order valence-electron chi connectivity index (χ0n) is 14.3. The lowest BCUT2D eigenvalue weighted by Gasteiger charge is -2.45. The highest BCUT2D eigenvalue weighted by Crippen LogP contribution is 2.75. The van der Waals surface area contributed by atoms with E-state index >= 15 is 0 Å². The SMILES string of the molecule is C[C@@]12CC[C@@H]3C[C@@]1(C(N)=O)N(NC(=O)Cc1ccccc1)C[C@@]32C. The van der Waals surface area contributed by atoms with Gasteiger partial charge in [0, 0.05) is 12.0 Å². The molecule has 1 heterocycles. The number of carbonyl (C=O) groups is 2. The van der Waals surface area contributed by atoms with Gasteiger partial charge in [-0.3, -0.25) is 15.0 Å². The maximum Gasteiger partial charge on any atom is 0.240 e. The lowest BCUT2D eigenvalue weighted by Crippen LogP contribution is -2.66. The summed E-state index contributed by atoms with van der Waals surface area (Å²) in [5, 5.41) is 1.87. The van der Waals surface area contributed by atoms with E-state index in [0.717, 1.165) is 24.8 Å². The molecule has 1 saturated heterocycles. The molecule has 1 aromatic carbocycles. The fourth-order valence-corrected chi connectivity index (χ4v) is 5.89. The van der Waals surface area contributed by atoms with Crippen LogP contribution >= 0.6 is 0 Å². The van der Waals surface area contributed by atoms with Gasteiger partial charge in [-0.25, -0.2) is 5.01 Å². The largest absolute Gasteiger partial charge is 0.368 e. The van der Waals surface area contributed by atoms with E-state index in [-0.39, 0.29) is 22.6 Å². The van der Waals surface area contributed by atoms with Gasteiger partial charge in [-0.2, -0.15) is 0 Å². The summed E-state index contributed by atoms with van der Waals surface area (Å²) < 4.78 is 0. The number of piperidine rings is 1. The highest BCUT2D eigenvalue weighted by molar-refractivity contribution is 5.88. The van der Waals surface area contributed by atoms with Crippen molar-refractivity contribution < 1.29 is 9.59 Å². The van der Waals surface area contributed by atoms with E-state index in [1.54, 1.807) is 0 Å². The Morgan fingerprint density at radius 2 is 2.00 bits per heavy atom. The summed E-state index contributed by atoms with van der Waals surface area (Å²) in [7, 11) is 0. The molecule has 0 aromatic heterocycles. The Balaban J connectivity index is 1.59. The van der Waals surface area contributed by atoms with Gasteiger partial charge in [-0.1, -0.05) is 44.2 Å². The van der Waals surface area contributed by atoms with E-state index in [1.807, 2.05) is 35.3 Å². The molecule has 128 valence electrons. The summed E-state index contributed by atoms with van der Waals surface area (Å²) in [4.78, 5) is 25.0. The fraction of sp³-hybridized carbons (Fsp3) is 0.579. The van der Waals surface area contributed by atoms with Gasteiger partial charge >= 0.3 is 0 Å². The predicted octanol–water partition coefficient (Wildman–Crippen LogP) is 1.63. The number of nitrogens with zero attached hydrogens (tertiary/aromatic N) is 1. The molecule has 0 unspecified atom stereocenters. The first-order chi connectivity index (χ1) is 11.3. The molecule has 2 amide bonds. The Kier molecular flexibility index (Phi) is 3.14. The number of amides is 2. The van der Waals surface area contributed by atoms with Crippen molar-refractivity contribution in [3.8, 4) is 0 Å². The number of hydrogen-bond acceptors (Lipinski definition) is 3. The summed E-state index contributed by atoms with van der Waals surface area (Å²) in [6.07, 6.45) is 3.24. The zero-order valence-corrected chi connectivity index (χ0v) is 14.3. The minimum absolute atomic E-state index is 0.0437. The molecule has 2 aliphatic carbocycles. The Hall–Kier alpha value is -1.88. The van der Waals surface area contributed by atoms with E-state index in [9.17, 15) is 9.59 Å². The van der Waals surface area contributed by atoms with Gasteiger partial charge in [0.15, 0.2) is 0 Å². The van der Waals surface area contributed by atoms with E-state index < -0.39 is 5.54 Å². The lowest BCUT2D eigenvalue weighted by atomic mass is 9.65. The summed E-state index contributed by atoms with van der Waals surface area (Å²) in [6, 6.07) is 9.65. The quantitative estimate of drug-likeness (QED) is 0.882. The van der Waals surface area contributed by atoms with Crippen molar-refractivity contribution in [2.24, 2.45) is 22.5 Å². The molecule has 4 atom stereocenters. The molecule has 0 spiro atoms. The van der Waals surface area contributed by atoms with Crippen LogP contribution in [0, 0.1) is 16.7 Å². The zero-order chi connectivity index (χ0) is 17.2. The summed E-state index contributed by atoms with van der Waals surface area (Å²) >= 11 is 0. The van der Waals surface area contributed by atoms with Gasteiger partial charge < -0.3 is 5.73 Å². The maximum absolute atomic E-state index is 12.5. The van der Waals surface area contributed by atoms with Crippen molar-refractivity contribution in [3.05, 3.63) is 35.9 Å². The third-order valence-corrected chi connectivity index (χ3v) is 7.43. The minimum atomic E-state index is -0.739. The first-order valence-corrected chi connectivity index (χ1v) is 8.74. The Bertz CT molecular complexity index is 706. The molecule has 2 saturated carbocycles. The van der Waals surface area contributed by atoms with Gasteiger partial charge in [0.2, 0.25) is 11.8 Å². The van der Waals surface area contributed by atoms with Crippen LogP contribution in [0.15, 0.2) is 30.3 Å². The number of hydrogen-bond donors (Lipinski definition) is 2. The van der Waals surface area contributed by atoms with E-state index in [4.69, 9.17) is 5.73 Å². The Morgan fingerprint density at radius 3 is 2.62 bits per heavy atom. The molecule has 5 nitrogen and oxygen atoms in total. The van der Waals surface area contributed by atoms with Crippen LogP contribution in [0.2, 0.25) is 0 Å². The topological polar surface area (TPSA) is 75.4 Å². The fourth-order valence-electron chi connectivity index (χ4n) is 5.89. The van der Waals surface area contributed by atoms with Crippen LogP contribution in [0.3, 0.4) is 0 Å². The first kappa shape index (κ1) is 15.6. The number of hydrazine groups is 1. The molecular formula is C19H25N3O2. The van der Waals surface area contributed by atoms with Crippen LogP contribution in [0.25, 0.3) is 0 Å². The van der Waals surface area contributed by atoms with Crippen molar-refractivity contribution in [2.75, 3.05) is 6.54 Å². The molecule has 1 aliphatic heterocycles. The third kappa shape index (κ3) is 1.68. The standard InChI is InChI=1S/C19H25N3O2/c1-17-12-22(21-15(23)10-13-6-4-3-5-7-13)19(16(20)24)11-14(17)8-9-18(17,19)2/h3-7,14H,8-12H2,1-2H3,(H2,20,24)(H,21,23)/t14-,17+,18+,19+/m1/s1. The number of carbonyl (C=O) groups excluding carboxylic acids is 2. The summed E-state index contributed by atoms with van der Waals surface area (Å²) in [5.41, 5.74) is 9.01. The Morgan fingerprint density at radius 1 is 1.29 bits per heavy atom. The van der Waals surface area contributed by atoms with E-state index in [0.29, 0.717) is 18.9 Å². The van der Waals surface area contributed by atoms with Crippen LogP contribution in [-0.2, 0) is 16.0 Å². The van der Waals surface area contributed by atoms with Gasteiger partial charge in [-0.15, -0.1) is 0 Å². The van der Waals surface area contributed by atoms with Crippen molar-refractivity contribution >= 4 is 11.8 Å². The van der Waals surface area contributed by atoms with Crippen molar-refractivity contribution in [3.63, 3.8) is 0 Å². The number of nitrogens with two attached hydrogens (primary N) is 1. The first-order valence-electron chi connectivity index (χ1n) is 8.74. The average Bonchev–Trinajstić information content (AvgIpc) is 2.97. The highest BCUT2D eigenvalue weighted by Gasteiger charge is 2.80. The number of primary amides is 1. The van der Waals surface area contributed by atoms with Crippen molar-refractivity contribution in [1.82, 2.24) is 10.4 Å². The second-order valence-electron chi connectivity index (χ2n) is 8.20. The highest BCUT2D eigenvalue weighted by atomic mass is 16.2. The van der Waals surface area contributed by atoms with Gasteiger partial charge in [0.25, 0.3) is 0 Å². The Labute approximate surface area is 142 Å². The molecular weight excluding hydrogens is 302 g/mol. The van der Waals surface area contributed by atoms with Crippen LogP contribution in [0.5, 0.6) is 0 Å². The van der Waals surface area contributed by atoms with E-state index in [2.05, 4.69) is 19.3 Å². The molecule has 1 aromatic rings. The normalized spacial score (nSPS) is 40.0. The van der Waals surface area contributed by atoms with Gasteiger partial charge in [-0.05, 0) is 36.2 Å². The van der Waals surface area contributed by atoms with Crippen LogP contribution in [-0.4, -0.2) is 28.9 Å². The molecule has 4 bridgehead atoms. The summed E-state index contributed by atoms with van der Waals surface area (Å²) in [5.74, 6) is 0.144. The van der Waals surface area contributed by atoms with Crippen LogP contribution in [0.4, 0.5) is 0 Å². The van der Waals surface area contributed by atoms with Gasteiger partial charge in [0.1, 0.15) is 5.54 Å². The molecule has 24 heavy (non-hydrogen) atoms. The smallest absolute Gasteiger partial charge is 0.240 e. The second kappa shape index (κ2) is 4.82. The van der Waals surface area contributed by atoms with E-state index in [1.165, 1.54) is 0 Å². The molecule has 0 radical (unpaired) electrons. The molecule has 4 rings (SSSR count). The number of benzene rings is 1. The van der Waals surface area contributed by atoms with Crippen LogP contribution < -0.4 is 11.2 Å². The molecule has 3 aliphatic rings. The molecule has 3 fully saturated rings. The van der Waals surface area contributed by atoms with Crippen LogP contribution in [0.1, 0.15) is 38.7 Å². The molecule has 5 heteroatoms. The average molecular weight is 327 g/mol. The summed E-state index contributed by atoms with van der Waals surface area (Å²) in [6.45, 7) is 5.16. The minimum Gasteiger partial charge on any atom is -0.368 e. The third-order valence-electron chi connectivity index (χ3n) is 7.43. The monoisotopic (exact) mass is 327 g/mol. The van der Waals surface area contributed by atoms with Crippen molar-refractivity contribution in [2.45, 2.75) is 45.1 Å². The predicted molar refractivity (Wildman–Crippen MR) is 90.5 cm³/mol.